The Hall–Kier alpha value is -3.07. The van der Waals surface area contributed by atoms with E-state index in [9.17, 15) is 19.0 Å². The normalized spacial score (nSPS) is 14.1. The summed E-state index contributed by atoms with van der Waals surface area (Å²) < 4.78 is 32.8. The summed E-state index contributed by atoms with van der Waals surface area (Å²) in [6, 6.07) is 0. The predicted octanol–water partition coefficient (Wildman–Crippen LogP) is 13.8. The molecule has 0 fully saturated rings. The highest BCUT2D eigenvalue weighted by Crippen LogP contribution is 2.43. The first-order chi connectivity index (χ1) is 29.3. The average Bonchev–Trinajstić information content (AvgIpc) is 3.24. The van der Waals surface area contributed by atoms with Crippen LogP contribution in [0, 0.1) is 0 Å². The van der Waals surface area contributed by atoms with Crippen molar-refractivity contribution < 1.29 is 37.6 Å². The van der Waals surface area contributed by atoms with Crippen LogP contribution in [0.2, 0.25) is 0 Å². The molecule has 0 aliphatic carbocycles. The van der Waals surface area contributed by atoms with Crippen molar-refractivity contribution in [2.75, 3.05) is 26.4 Å². The van der Waals surface area contributed by atoms with Crippen LogP contribution >= 0.6 is 7.82 Å². The molecule has 0 radical (unpaired) electrons. The highest BCUT2D eigenvalue weighted by atomic mass is 31.2. The maximum absolute atomic E-state index is 12.6. The first kappa shape index (κ1) is 56.9. The summed E-state index contributed by atoms with van der Waals surface area (Å²) in [5.41, 5.74) is 5.35. The number of unbranched alkanes of at least 4 members (excludes halogenated alkanes) is 13. The van der Waals surface area contributed by atoms with E-state index in [1.807, 2.05) is 0 Å². The van der Waals surface area contributed by atoms with Crippen LogP contribution in [0.5, 0.6) is 0 Å². The molecule has 0 rings (SSSR count). The molecule has 0 aromatic rings. The Balaban J connectivity index is 4.22. The molecule has 0 saturated heterocycles. The maximum atomic E-state index is 12.6. The number of carbonyl (C=O) groups is 2. The highest BCUT2D eigenvalue weighted by molar-refractivity contribution is 7.47. The van der Waals surface area contributed by atoms with Crippen molar-refractivity contribution >= 4 is 19.8 Å². The Bertz CT molecular complexity index is 1300. The minimum Gasteiger partial charge on any atom is -0.462 e. The van der Waals surface area contributed by atoms with Crippen LogP contribution in [0.3, 0.4) is 0 Å². The third-order valence-electron chi connectivity index (χ3n) is 9.20. The van der Waals surface area contributed by atoms with Gasteiger partial charge in [-0.2, -0.15) is 0 Å². The number of hydrogen-bond acceptors (Lipinski definition) is 8. The van der Waals surface area contributed by atoms with Crippen molar-refractivity contribution in [3.05, 3.63) is 97.2 Å². The molecule has 2 unspecified atom stereocenters. The lowest BCUT2D eigenvalue weighted by atomic mass is 10.1. The molecule has 0 amide bonds. The molecule has 0 heterocycles. The van der Waals surface area contributed by atoms with Gasteiger partial charge < -0.3 is 20.1 Å². The van der Waals surface area contributed by atoms with E-state index >= 15 is 0 Å². The number of phosphoric acid groups is 1. The zero-order valence-electron chi connectivity index (χ0n) is 37.7. The van der Waals surface area contributed by atoms with Crippen molar-refractivity contribution in [1.29, 1.82) is 0 Å². The summed E-state index contributed by atoms with van der Waals surface area (Å²) in [4.78, 5) is 34.9. The Morgan fingerprint density at radius 3 is 1.37 bits per heavy atom. The van der Waals surface area contributed by atoms with E-state index in [0.717, 1.165) is 103 Å². The molecule has 0 aliphatic heterocycles. The zero-order chi connectivity index (χ0) is 43.9. The van der Waals surface area contributed by atoms with Gasteiger partial charge in [0.2, 0.25) is 0 Å². The quantitative estimate of drug-likeness (QED) is 0.0266. The van der Waals surface area contributed by atoms with Crippen LogP contribution in [0.15, 0.2) is 97.2 Å². The Morgan fingerprint density at radius 2 is 0.917 bits per heavy atom. The summed E-state index contributed by atoms with van der Waals surface area (Å²) in [7, 11) is -4.40. The van der Waals surface area contributed by atoms with Crippen LogP contribution < -0.4 is 5.73 Å². The first-order valence-electron chi connectivity index (χ1n) is 23.2. The van der Waals surface area contributed by atoms with Crippen LogP contribution in [-0.4, -0.2) is 49.3 Å². The van der Waals surface area contributed by atoms with E-state index in [1.165, 1.54) is 32.1 Å². The number of ether oxygens (including phenoxy) is 2. The van der Waals surface area contributed by atoms with Gasteiger partial charge in [0, 0.05) is 19.4 Å². The third kappa shape index (κ3) is 44.5. The number of allylic oxidation sites excluding steroid dienone is 16. The molecule has 0 bridgehead atoms. The first-order valence-corrected chi connectivity index (χ1v) is 24.7. The molecule has 0 saturated carbocycles. The maximum Gasteiger partial charge on any atom is 0.472 e. The second kappa shape index (κ2) is 45.5. The smallest absolute Gasteiger partial charge is 0.462 e. The van der Waals surface area contributed by atoms with E-state index < -0.39 is 32.5 Å². The predicted molar refractivity (Wildman–Crippen MR) is 252 cm³/mol. The second-order valence-electron chi connectivity index (χ2n) is 14.9. The van der Waals surface area contributed by atoms with Crippen molar-refractivity contribution in [2.24, 2.45) is 5.73 Å². The van der Waals surface area contributed by atoms with Gasteiger partial charge in [0.25, 0.3) is 0 Å². The van der Waals surface area contributed by atoms with Crippen molar-refractivity contribution in [2.45, 2.75) is 180 Å². The lowest BCUT2D eigenvalue weighted by Crippen LogP contribution is -2.29. The fourth-order valence-corrected chi connectivity index (χ4v) is 6.55. The van der Waals surface area contributed by atoms with Gasteiger partial charge in [-0.1, -0.05) is 162 Å². The molecular weight excluding hydrogens is 774 g/mol. The number of esters is 2. The summed E-state index contributed by atoms with van der Waals surface area (Å²) >= 11 is 0. The minimum absolute atomic E-state index is 0.0412. The van der Waals surface area contributed by atoms with Crippen molar-refractivity contribution in [3.8, 4) is 0 Å². The Morgan fingerprint density at radius 1 is 0.517 bits per heavy atom. The van der Waals surface area contributed by atoms with Gasteiger partial charge in [0.15, 0.2) is 6.10 Å². The number of phosphoric ester groups is 1. The number of carbonyl (C=O) groups excluding carboxylic acids is 2. The molecule has 0 aliphatic rings. The van der Waals surface area contributed by atoms with Crippen molar-refractivity contribution in [3.63, 3.8) is 0 Å². The Kier molecular flexibility index (Phi) is 43.1. The van der Waals surface area contributed by atoms with Gasteiger partial charge >= 0.3 is 19.8 Å². The van der Waals surface area contributed by atoms with E-state index in [2.05, 4.69) is 111 Å². The summed E-state index contributed by atoms with van der Waals surface area (Å²) in [5.74, 6) is -0.882. The number of nitrogens with two attached hydrogens (primary N) is 1. The van der Waals surface area contributed by atoms with Crippen molar-refractivity contribution in [1.82, 2.24) is 0 Å². The van der Waals surface area contributed by atoms with Gasteiger partial charge in [0.1, 0.15) is 6.61 Å². The topological polar surface area (TPSA) is 134 Å². The average molecular weight is 858 g/mol. The third-order valence-corrected chi connectivity index (χ3v) is 10.2. The molecule has 2 atom stereocenters. The highest BCUT2D eigenvalue weighted by Gasteiger charge is 2.26. The largest absolute Gasteiger partial charge is 0.472 e. The molecule has 0 spiro atoms. The fraction of sp³-hybridized carbons (Fsp3) is 0.640. The molecular formula is C50H84NO8P. The minimum atomic E-state index is -4.40. The number of rotatable bonds is 42. The fourth-order valence-electron chi connectivity index (χ4n) is 5.78. The van der Waals surface area contributed by atoms with Gasteiger partial charge in [0.05, 0.1) is 13.2 Å². The summed E-state index contributed by atoms with van der Waals surface area (Å²) in [6.45, 7) is 3.54. The van der Waals surface area contributed by atoms with Crippen LogP contribution in [0.4, 0.5) is 0 Å². The molecule has 3 N–H and O–H groups in total. The molecule has 60 heavy (non-hydrogen) atoms. The Labute approximate surface area is 366 Å². The standard InChI is InChI=1S/C50H84NO8P/c1-3-5-7-9-11-13-15-17-19-21-22-23-24-25-26-27-29-31-33-35-37-39-41-43-50(53)59-48(47-58-60(54,55)57-45-44-51)46-56-49(52)42-40-38-36-34-32-30-28-20-18-16-14-12-10-8-6-4-2/h5,7,11,13-14,16-17,19-20,22-23,25-26,28-29,31,48H,3-4,6,8-10,12,15,18,21,24,27,30,32-47,51H2,1-2H3,(H,54,55)/b7-5-,13-11-,16-14-,19-17-,23-22-,26-25-,28-20-,31-29-. The van der Waals surface area contributed by atoms with Gasteiger partial charge in [-0.05, 0) is 96.3 Å². The number of hydrogen-bond donors (Lipinski definition) is 2. The van der Waals surface area contributed by atoms with Gasteiger partial charge in [-0.15, -0.1) is 0 Å². The molecule has 0 aromatic heterocycles. The van der Waals surface area contributed by atoms with E-state index in [-0.39, 0.29) is 32.6 Å². The van der Waals surface area contributed by atoms with Gasteiger partial charge in [-0.25, -0.2) is 4.57 Å². The lowest BCUT2D eigenvalue weighted by Gasteiger charge is -2.19. The molecule has 342 valence electrons. The van der Waals surface area contributed by atoms with E-state index in [1.54, 1.807) is 0 Å². The van der Waals surface area contributed by atoms with E-state index in [0.29, 0.717) is 12.8 Å². The molecule has 10 heteroatoms. The van der Waals surface area contributed by atoms with Crippen LogP contribution in [-0.2, 0) is 32.7 Å². The summed E-state index contributed by atoms with van der Waals surface area (Å²) in [5, 5.41) is 0. The molecule has 9 nitrogen and oxygen atoms in total. The van der Waals surface area contributed by atoms with Gasteiger partial charge in [-0.3, -0.25) is 18.6 Å². The SMILES string of the molecule is CC/C=C\C/C=C\C/C=C\C/C=C\C/C=C\C/C=C\CCCCCCC(=O)OC(COC(=O)CCCCCCC/C=C\C/C=C\CCCCCC)COP(=O)(O)OCCN. The monoisotopic (exact) mass is 858 g/mol. The second-order valence-corrected chi connectivity index (χ2v) is 16.3. The lowest BCUT2D eigenvalue weighted by molar-refractivity contribution is -0.161. The van der Waals surface area contributed by atoms with Crippen LogP contribution in [0.25, 0.3) is 0 Å². The van der Waals surface area contributed by atoms with Crippen LogP contribution in [0.1, 0.15) is 174 Å². The zero-order valence-corrected chi connectivity index (χ0v) is 38.5. The summed E-state index contributed by atoms with van der Waals surface area (Å²) in [6.07, 6.45) is 58.6. The molecule has 0 aromatic carbocycles. The van der Waals surface area contributed by atoms with E-state index in [4.69, 9.17) is 24.3 Å².